The third-order valence-electron chi connectivity index (χ3n) is 4.79. The number of carbonyl (C=O) groups excluding carboxylic acids is 1. The number of para-hydroxylation sites is 2. The Hall–Kier alpha value is -3.52. The maximum Gasteiger partial charge on any atom is 0.195 e. The molecule has 0 bridgehead atoms. The van der Waals surface area contributed by atoms with Crippen LogP contribution in [-0.2, 0) is 4.79 Å². The second-order valence-electron chi connectivity index (χ2n) is 6.37. The first-order valence-corrected chi connectivity index (χ1v) is 8.69. The number of ether oxygens (including phenoxy) is 2. The van der Waals surface area contributed by atoms with E-state index in [1.807, 2.05) is 24.3 Å². The maximum atomic E-state index is 13.1. The van der Waals surface area contributed by atoms with E-state index in [0.29, 0.717) is 23.0 Å². The van der Waals surface area contributed by atoms with Crippen LogP contribution in [0.25, 0.3) is 16.6 Å². The molecule has 1 aliphatic heterocycles. The van der Waals surface area contributed by atoms with Gasteiger partial charge in [-0.2, -0.15) is 0 Å². The van der Waals surface area contributed by atoms with Gasteiger partial charge >= 0.3 is 0 Å². The minimum absolute atomic E-state index is 0.207. The van der Waals surface area contributed by atoms with Gasteiger partial charge in [0.15, 0.2) is 5.78 Å². The van der Waals surface area contributed by atoms with Crippen molar-refractivity contribution in [2.75, 3.05) is 25.7 Å². The van der Waals surface area contributed by atoms with E-state index in [1.165, 1.54) is 14.2 Å². The van der Waals surface area contributed by atoms with E-state index in [-0.39, 0.29) is 17.2 Å². The van der Waals surface area contributed by atoms with Crippen LogP contribution in [0, 0.1) is 0 Å². The van der Waals surface area contributed by atoms with Crippen molar-refractivity contribution in [3.63, 3.8) is 0 Å². The molecule has 4 N–H and O–H groups in total. The van der Waals surface area contributed by atoms with Crippen molar-refractivity contribution in [1.82, 2.24) is 9.97 Å². The lowest BCUT2D eigenvalue weighted by atomic mass is 10.1. The molecule has 144 valence electrons. The Morgan fingerprint density at radius 1 is 1.18 bits per heavy atom. The highest BCUT2D eigenvalue weighted by Gasteiger charge is 2.41. The van der Waals surface area contributed by atoms with E-state index in [9.17, 15) is 9.90 Å². The zero-order chi connectivity index (χ0) is 19.8. The number of Topliss-reactive ketones (excluding diaryl/α,β-unsaturated/α-hetero) is 1. The van der Waals surface area contributed by atoms with Crippen molar-refractivity contribution in [2.24, 2.45) is 5.73 Å². The zero-order valence-corrected chi connectivity index (χ0v) is 15.5. The number of nitrogens with two attached hydrogens (primary N) is 1. The molecule has 0 saturated heterocycles. The number of ketones is 1. The number of hydrogen-bond donors (Lipinski definition) is 3. The van der Waals surface area contributed by atoms with Gasteiger partial charge in [0, 0.05) is 18.2 Å². The number of benzene rings is 2. The van der Waals surface area contributed by atoms with Gasteiger partial charge in [0.25, 0.3) is 0 Å². The minimum Gasteiger partial charge on any atom is -0.497 e. The number of nitrogens with zero attached hydrogens (tertiary/aromatic N) is 2. The molecule has 0 amide bonds. The number of methoxy groups -OCH3 is 2. The monoisotopic (exact) mass is 380 g/mol. The summed E-state index contributed by atoms with van der Waals surface area (Å²) in [5, 5.41) is 9.91. The molecule has 8 heteroatoms. The number of hydrogen-bond acceptors (Lipinski definition) is 7. The third kappa shape index (κ3) is 2.74. The van der Waals surface area contributed by atoms with Crippen molar-refractivity contribution >= 4 is 28.1 Å². The SMILES string of the molecule is COc1cc(OC)cc(N2C(N)=C(c3nc4ccccc4[nH]3)C(=O)C2CO)c1. The molecule has 1 aliphatic rings. The predicted molar refractivity (Wildman–Crippen MR) is 105 cm³/mol. The first kappa shape index (κ1) is 17.9. The van der Waals surface area contributed by atoms with E-state index in [2.05, 4.69) is 9.97 Å². The largest absolute Gasteiger partial charge is 0.497 e. The van der Waals surface area contributed by atoms with Crippen molar-refractivity contribution in [2.45, 2.75) is 6.04 Å². The Kier molecular flexibility index (Phi) is 4.40. The Balaban J connectivity index is 1.86. The zero-order valence-electron chi connectivity index (χ0n) is 15.5. The summed E-state index contributed by atoms with van der Waals surface area (Å²) >= 11 is 0. The average Bonchev–Trinajstić information content (AvgIpc) is 3.24. The number of aliphatic hydroxyl groups excluding tert-OH is 1. The van der Waals surface area contributed by atoms with Gasteiger partial charge in [-0.25, -0.2) is 4.98 Å². The second kappa shape index (κ2) is 6.90. The summed E-state index contributed by atoms with van der Waals surface area (Å²) in [5.74, 6) is 1.37. The van der Waals surface area contributed by atoms with Crippen molar-refractivity contribution in [3.8, 4) is 11.5 Å². The predicted octanol–water partition coefficient (Wildman–Crippen LogP) is 1.66. The normalized spacial score (nSPS) is 16.9. The first-order valence-electron chi connectivity index (χ1n) is 8.69. The summed E-state index contributed by atoms with van der Waals surface area (Å²) in [5.41, 5.74) is 8.73. The Morgan fingerprint density at radius 3 is 2.46 bits per heavy atom. The van der Waals surface area contributed by atoms with Crippen LogP contribution in [0.3, 0.4) is 0 Å². The molecule has 8 nitrogen and oxygen atoms in total. The number of imidazole rings is 1. The number of anilines is 1. The van der Waals surface area contributed by atoms with Gasteiger partial charge in [-0.3, -0.25) is 4.79 Å². The number of nitrogens with one attached hydrogen (secondary N) is 1. The third-order valence-corrected chi connectivity index (χ3v) is 4.79. The topological polar surface area (TPSA) is 114 Å². The van der Waals surface area contributed by atoms with Crippen molar-refractivity contribution < 1.29 is 19.4 Å². The Morgan fingerprint density at radius 2 is 1.86 bits per heavy atom. The van der Waals surface area contributed by atoms with E-state index in [4.69, 9.17) is 15.2 Å². The smallest absolute Gasteiger partial charge is 0.195 e. The fourth-order valence-electron chi connectivity index (χ4n) is 3.42. The molecule has 1 aromatic heterocycles. The number of aromatic nitrogens is 2. The fraction of sp³-hybridized carbons (Fsp3) is 0.200. The van der Waals surface area contributed by atoms with Crippen LogP contribution in [0.2, 0.25) is 0 Å². The second-order valence-corrected chi connectivity index (χ2v) is 6.37. The lowest BCUT2D eigenvalue weighted by Gasteiger charge is -2.26. The minimum atomic E-state index is -0.861. The van der Waals surface area contributed by atoms with E-state index >= 15 is 0 Å². The average molecular weight is 380 g/mol. The molecule has 28 heavy (non-hydrogen) atoms. The first-order chi connectivity index (χ1) is 13.6. The number of fused-ring (bicyclic) bond motifs is 1. The summed E-state index contributed by atoms with van der Waals surface area (Å²) in [6, 6.07) is 11.8. The van der Waals surface area contributed by atoms with Crippen LogP contribution in [0.15, 0.2) is 48.3 Å². The fourth-order valence-corrected chi connectivity index (χ4v) is 3.42. The lowest BCUT2D eigenvalue weighted by molar-refractivity contribution is -0.115. The van der Waals surface area contributed by atoms with Gasteiger partial charge in [0.1, 0.15) is 34.8 Å². The van der Waals surface area contributed by atoms with Crippen LogP contribution in [0.5, 0.6) is 11.5 Å². The summed E-state index contributed by atoms with van der Waals surface area (Å²) in [6.45, 7) is -0.400. The molecular formula is C20H20N4O4. The number of H-pyrrole nitrogens is 1. The Bertz CT molecular complexity index is 1030. The molecule has 0 spiro atoms. The molecule has 1 unspecified atom stereocenters. The molecule has 0 aliphatic carbocycles. The van der Waals surface area contributed by atoms with Gasteiger partial charge in [0.2, 0.25) is 0 Å². The van der Waals surface area contributed by atoms with Crippen LogP contribution >= 0.6 is 0 Å². The molecule has 0 radical (unpaired) electrons. The molecule has 0 saturated carbocycles. The summed E-state index contributed by atoms with van der Waals surface area (Å²) in [4.78, 5) is 22.3. The number of aliphatic hydroxyl groups is 1. The number of aromatic amines is 1. The molecule has 4 rings (SSSR count). The van der Waals surface area contributed by atoms with Gasteiger partial charge in [-0.05, 0) is 12.1 Å². The standard InChI is InChI=1S/C20H20N4O4/c1-27-12-7-11(8-13(9-12)28-2)24-16(10-25)18(26)17(19(24)21)20-22-14-5-3-4-6-15(14)23-20/h3-9,16,25H,10,21H2,1-2H3,(H,22,23). The number of carbonyl (C=O) groups is 1. The molecule has 3 aromatic rings. The van der Waals surface area contributed by atoms with Crippen LogP contribution < -0.4 is 20.1 Å². The van der Waals surface area contributed by atoms with Gasteiger partial charge in [0.05, 0.1) is 37.5 Å². The van der Waals surface area contributed by atoms with Crippen molar-refractivity contribution in [3.05, 3.63) is 54.1 Å². The highest BCUT2D eigenvalue weighted by molar-refractivity contribution is 6.28. The molecule has 2 heterocycles. The highest BCUT2D eigenvalue weighted by Crippen LogP contribution is 2.37. The highest BCUT2D eigenvalue weighted by atomic mass is 16.5. The van der Waals surface area contributed by atoms with Crippen LogP contribution in [-0.4, -0.2) is 47.7 Å². The quantitative estimate of drug-likeness (QED) is 0.617. The van der Waals surface area contributed by atoms with Gasteiger partial charge in [-0.1, -0.05) is 12.1 Å². The number of rotatable bonds is 5. The summed E-state index contributed by atoms with van der Waals surface area (Å²) in [7, 11) is 3.08. The van der Waals surface area contributed by atoms with Crippen LogP contribution in [0.4, 0.5) is 5.69 Å². The van der Waals surface area contributed by atoms with E-state index in [0.717, 1.165) is 11.0 Å². The summed E-state index contributed by atoms with van der Waals surface area (Å²) < 4.78 is 10.6. The van der Waals surface area contributed by atoms with Crippen molar-refractivity contribution in [1.29, 1.82) is 0 Å². The Labute approximate surface area is 161 Å². The van der Waals surface area contributed by atoms with Gasteiger partial charge in [-0.15, -0.1) is 0 Å². The van der Waals surface area contributed by atoms with E-state index < -0.39 is 12.6 Å². The molecule has 0 fully saturated rings. The molecule has 2 aromatic carbocycles. The maximum absolute atomic E-state index is 13.1. The van der Waals surface area contributed by atoms with E-state index in [1.54, 1.807) is 23.1 Å². The molecular weight excluding hydrogens is 360 g/mol. The summed E-state index contributed by atoms with van der Waals surface area (Å²) in [6.07, 6.45) is 0. The lowest BCUT2D eigenvalue weighted by Crippen LogP contribution is -2.39. The molecule has 1 atom stereocenters. The van der Waals surface area contributed by atoms with Gasteiger partial charge < -0.3 is 30.2 Å². The van der Waals surface area contributed by atoms with Crippen LogP contribution in [0.1, 0.15) is 5.82 Å².